The van der Waals surface area contributed by atoms with Crippen molar-refractivity contribution < 1.29 is 32.6 Å². The van der Waals surface area contributed by atoms with Gasteiger partial charge in [-0.15, -0.1) is 0 Å². The first-order chi connectivity index (χ1) is 13.3. The maximum atomic E-state index is 11.3. The number of likely N-dealkylation sites (N-methyl/N-ethyl adjacent to an activating group) is 1. The zero-order chi connectivity index (χ0) is 22.5. The molecule has 172 valence electrons. The topological polar surface area (TPSA) is 117 Å². The highest BCUT2D eigenvalue weighted by molar-refractivity contribution is 7.60. The highest BCUT2D eigenvalue weighted by atomic mass is 31.3. The van der Waals surface area contributed by atoms with Crippen molar-refractivity contribution in [3.05, 3.63) is 34.9 Å². The quantitative estimate of drug-likeness (QED) is 0.178. The number of hydrogen-bond acceptors (Lipinski definition) is 5. The summed E-state index contributed by atoms with van der Waals surface area (Å²) in [6.45, 7) is 9.39. The Morgan fingerprint density at radius 2 is 1.37 bits per heavy atom. The molecule has 1 unspecified atom stereocenters. The van der Waals surface area contributed by atoms with Crippen molar-refractivity contribution in [3.8, 4) is 0 Å². The molecule has 0 bridgehead atoms. The number of allylic oxidation sites excluding steroid dienone is 5. The molecule has 0 aromatic heterocycles. The predicted molar refractivity (Wildman–Crippen MR) is 122 cm³/mol. The maximum Gasteiger partial charge on any atom is 0.481 e. The van der Waals surface area contributed by atoms with Gasteiger partial charge in [-0.2, -0.15) is 4.31 Å². The second kappa shape index (κ2) is 16.8. The summed E-state index contributed by atoms with van der Waals surface area (Å²) in [7, 11) is -8.00. The molecule has 8 nitrogen and oxygen atoms in total. The molecule has 0 aromatic rings. The molecule has 0 amide bonds. The molecule has 0 aromatic carbocycles. The minimum Gasteiger partial charge on any atom is -0.304 e. The van der Waals surface area contributed by atoms with Crippen LogP contribution in [0.4, 0.5) is 0 Å². The van der Waals surface area contributed by atoms with Crippen molar-refractivity contribution in [1.82, 2.24) is 4.90 Å². The van der Waals surface area contributed by atoms with E-state index in [4.69, 9.17) is 9.79 Å². The Balaban J connectivity index is 0. The lowest BCUT2D eigenvalue weighted by atomic mass is 10.1. The van der Waals surface area contributed by atoms with Gasteiger partial charge >= 0.3 is 15.6 Å². The van der Waals surface area contributed by atoms with Gasteiger partial charge in [-0.1, -0.05) is 34.9 Å². The van der Waals surface area contributed by atoms with Crippen LogP contribution >= 0.6 is 15.6 Å². The standard InChI is InChI=1S/C19H37NO7P2.Mg/c1-17(2)9-6-10-18(3)11-7-12-19(4)13-8-14-20(5)15-16-26-29(24,25)27-28(21,22)23;/h9,11,13H,6-8,10,12,14-16H2,1-5H3,(H,24,25)(H2,21,22,23);/b18-11+,19-13+;. The van der Waals surface area contributed by atoms with E-state index in [2.05, 4.69) is 54.8 Å². The van der Waals surface area contributed by atoms with E-state index in [1.165, 1.54) is 16.7 Å². The summed E-state index contributed by atoms with van der Waals surface area (Å²) in [6.07, 6.45) is 11.8. The lowest BCUT2D eigenvalue weighted by molar-refractivity contribution is 0.161. The first-order valence-electron chi connectivity index (χ1n) is 9.68. The van der Waals surface area contributed by atoms with Crippen molar-refractivity contribution in [2.24, 2.45) is 0 Å². The van der Waals surface area contributed by atoms with Crippen LogP contribution in [0.5, 0.6) is 0 Å². The molecule has 3 N–H and O–H groups in total. The molecule has 30 heavy (non-hydrogen) atoms. The third kappa shape index (κ3) is 21.4. The number of phosphoric acid groups is 2. The van der Waals surface area contributed by atoms with E-state index in [0.717, 1.165) is 38.6 Å². The van der Waals surface area contributed by atoms with Crippen molar-refractivity contribution in [3.63, 3.8) is 0 Å². The van der Waals surface area contributed by atoms with Crippen molar-refractivity contribution >= 4 is 38.7 Å². The van der Waals surface area contributed by atoms with Gasteiger partial charge in [0.15, 0.2) is 0 Å². The fraction of sp³-hybridized carbons (Fsp3) is 0.684. The van der Waals surface area contributed by atoms with Crippen LogP contribution in [0.3, 0.4) is 0 Å². The van der Waals surface area contributed by atoms with E-state index in [9.17, 15) is 14.0 Å². The molecule has 1 atom stereocenters. The third-order valence-corrected chi connectivity index (χ3v) is 6.25. The van der Waals surface area contributed by atoms with Gasteiger partial charge in [0, 0.05) is 36.1 Å². The van der Waals surface area contributed by atoms with E-state index >= 15 is 0 Å². The molecular formula is C19H37MgNO7P2. The third-order valence-electron chi connectivity index (χ3n) is 4.06. The van der Waals surface area contributed by atoms with Gasteiger partial charge in [-0.05, 0) is 66.8 Å². The van der Waals surface area contributed by atoms with Gasteiger partial charge in [0.1, 0.15) is 0 Å². The van der Waals surface area contributed by atoms with Crippen LogP contribution < -0.4 is 0 Å². The van der Waals surface area contributed by atoms with Crippen LogP contribution in [0.25, 0.3) is 0 Å². The van der Waals surface area contributed by atoms with Crippen LogP contribution in [-0.4, -0.2) is 69.4 Å². The van der Waals surface area contributed by atoms with E-state index in [1.54, 1.807) is 0 Å². The largest absolute Gasteiger partial charge is 0.481 e. The number of hydrogen-bond donors (Lipinski definition) is 3. The monoisotopic (exact) mass is 477 g/mol. The highest BCUT2D eigenvalue weighted by Crippen LogP contribution is 2.57. The Morgan fingerprint density at radius 1 is 0.867 bits per heavy atom. The molecule has 0 saturated carbocycles. The number of rotatable bonds is 15. The predicted octanol–water partition coefficient (Wildman–Crippen LogP) is 4.57. The van der Waals surface area contributed by atoms with E-state index in [1.807, 2.05) is 11.9 Å². The minimum absolute atomic E-state index is 0. The zero-order valence-electron chi connectivity index (χ0n) is 18.9. The van der Waals surface area contributed by atoms with E-state index in [-0.39, 0.29) is 29.7 Å². The van der Waals surface area contributed by atoms with Crippen LogP contribution in [0, 0.1) is 0 Å². The molecule has 2 radical (unpaired) electrons. The Bertz CT molecular complexity index is 670. The normalized spacial score (nSPS) is 15.0. The van der Waals surface area contributed by atoms with Crippen molar-refractivity contribution in [2.45, 2.75) is 59.8 Å². The SMILES string of the molecule is CC(C)=CCC/C(C)=C/CC/C(C)=C/CCN(C)CCOP(=O)(O)OP(=O)(O)O.[Mg]. The van der Waals surface area contributed by atoms with Crippen molar-refractivity contribution in [2.75, 3.05) is 26.7 Å². The molecule has 0 saturated heterocycles. The van der Waals surface area contributed by atoms with Gasteiger partial charge in [0.05, 0.1) is 6.61 Å². The van der Waals surface area contributed by atoms with E-state index in [0.29, 0.717) is 6.54 Å². The summed E-state index contributed by atoms with van der Waals surface area (Å²) in [5.41, 5.74) is 4.09. The maximum absolute atomic E-state index is 11.3. The second-order valence-electron chi connectivity index (χ2n) is 7.43. The van der Waals surface area contributed by atoms with Crippen LogP contribution in [0.2, 0.25) is 0 Å². The lowest BCUT2D eigenvalue weighted by Gasteiger charge is -2.17. The molecular weight excluding hydrogens is 440 g/mol. The average Bonchev–Trinajstić information content (AvgIpc) is 2.51. The Kier molecular flexibility index (Phi) is 18.1. The van der Waals surface area contributed by atoms with Gasteiger partial charge in [0.2, 0.25) is 0 Å². The summed E-state index contributed by atoms with van der Waals surface area (Å²) >= 11 is 0. The lowest BCUT2D eigenvalue weighted by Crippen LogP contribution is -2.23. The summed E-state index contributed by atoms with van der Waals surface area (Å²) in [4.78, 5) is 28.2. The molecule has 0 aliphatic rings. The van der Waals surface area contributed by atoms with Crippen LogP contribution in [0.15, 0.2) is 34.9 Å². The van der Waals surface area contributed by atoms with Crippen LogP contribution in [0.1, 0.15) is 59.8 Å². The zero-order valence-corrected chi connectivity index (χ0v) is 22.1. The molecule has 0 rings (SSSR count). The van der Waals surface area contributed by atoms with E-state index < -0.39 is 15.6 Å². The van der Waals surface area contributed by atoms with Crippen LogP contribution in [-0.2, 0) is 18.0 Å². The highest BCUT2D eigenvalue weighted by Gasteiger charge is 2.32. The summed E-state index contributed by atoms with van der Waals surface area (Å²) in [5.74, 6) is 0. The molecule has 0 fully saturated rings. The number of nitrogens with zero attached hydrogens (tertiary/aromatic N) is 1. The smallest absolute Gasteiger partial charge is 0.304 e. The summed E-state index contributed by atoms with van der Waals surface area (Å²) in [6, 6.07) is 0. The van der Waals surface area contributed by atoms with Gasteiger partial charge in [-0.3, -0.25) is 4.52 Å². The molecule has 0 aliphatic carbocycles. The fourth-order valence-corrected chi connectivity index (χ4v) is 4.03. The first kappa shape index (κ1) is 32.4. The molecule has 0 spiro atoms. The second-order valence-corrected chi connectivity index (χ2v) is 10.3. The molecule has 11 heteroatoms. The van der Waals surface area contributed by atoms with Gasteiger partial charge in [-0.25, -0.2) is 9.13 Å². The average molecular weight is 478 g/mol. The fourth-order valence-electron chi connectivity index (χ4n) is 2.45. The number of phosphoric ester groups is 1. The molecule has 0 heterocycles. The molecule has 0 aliphatic heterocycles. The minimum atomic E-state index is -5.07. The van der Waals surface area contributed by atoms with Gasteiger partial charge < -0.3 is 19.6 Å². The Morgan fingerprint density at radius 3 is 1.87 bits per heavy atom. The summed E-state index contributed by atoms with van der Waals surface area (Å²) < 4.78 is 30.2. The Labute approximate surface area is 197 Å². The first-order valence-corrected chi connectivity index (χ1v) is 12.7. The van der Waals surface area contributed by atoms with Crippen molar-refractivity contribution in [1.29, 1.82) is 0 Å². The summed E-state index contributed by atoms with van der Waals surface area (Å²) in [5, 5.41) is 0. The Hall–Kier alpha value is 0.206. The van der Waals surface area contributed by atoms with Gasteiger partial charge in [0.25, 0.3) is 0 Å².